The van der Waals surface area contributed by atoms with Crippen molar-refractivity contribution in [1.82, 2.24) is 15.1 Å². The Bertz CT molecular complexity index is 367. The molecular formula is C15H27N3O. The lowest BCUT2D eigenvalue weighted by atomic mass is 9.94. The van der Waals surface area contributed by atoms with Gasteiger partial charge in [0.1, 0.15) is 0 Å². The van der Waals surface area contributed by atoms with Gasteiger partial charge in [-0.05, 0) is 25.3 Å². The number of aromatic nitrogens is 2. The number of aryl methyl sites for hydroxylation is 1. The Labute approximate surface area is 116 Å². The van der Waals surface area contributed by atoms with E-state index in [9.17, 15) is 5.11 Å². The Balaban J connectivity index is 1.80. The number of nitrogens with one attached hydrogen (secondary N) is 1. The van der Waals surface area contributed by atoms with Crippen LogP contribution >= 0.6 is 0 Å². The summed E-state index contributed by atoms with van der Waals surface area (Å²) in [6, 6.07) is 2.06. The molecule has 0 aliphatic heterocycles. The largest absolute Gasteiger partial charge is 0.389 e. The zero-order valence-electron chi connectivity index (χ0n) is 12.1. The van der Waals surface area contributed by atoms with Crippen LogP contribution in [0, 0.1) is 0 Å². The van der Waals surface area contributed by atoms with E-state index in [1.54, 1.807) is 0 Å². The summed E-state index contributed by atoms with van der Waals surface area (Å²) in [6.07, 6.45) is 9.68. The van der Waals surface area contributed by atoms with Crippen molar-refractivity contribution in [1.29, 1.82) is 0 Å². The molecule has 0 saturated heterocycles. The lowest BCUT2D eigenvalue weighted by molar-refractivity contribution is 0.0249. The molecule has 0 unspecified atom stereocenters. The van der Waals surface area contributed by atoms with Gasteiger partial charge < -0.3 is 10.4 Å². The number of rotatable bonds is 6. The number of nitrogens with zero attached hydrogens (tertiary/aromatic N) is 2. The minimum absolute atomic E-state index is 0.494. The normalized spacial score (nSPS) is 19.3. The topological polar surface area (TPSA) is 50.1 Å². The van der Waals surface area contributed by atoms with Gasteiger partial charge in [-0.3, -0.25) is 4.68 Å². The molecule has 4 heteroatoms. The maximum atomic E-state index is 10.6. The summed E-state index contributed by atoms with van der Waals surface area (Å²) < 4.78 is 2.05. The molecule has 0 bridgehead atoms. The Morgan fingerprint density at radius 3 is 2.74 bits per heavy atom. The molecule has 2 rings (SSSR count). The van der Waals surface area contributed by atoms with Crippen LogP contribution in [0.3, 0.4) is 0 Å². The van der Waals surface area contributed by atoms with E-state index in [0.717, 1.165) is 45.2 Å². The predicted octanol–water partition coefficient (Wildman–Crippen LogP) is 2.47. The number of aliphatic hydroxyl groups is 1. The number of hydrogen-bond acceptors (Lipinski definition) is 3. The maximum Gasteiger partial charge on any atom is 0.0771 e. The number of hydrogen-bond donors (Lipinski definition) is 2. The van der Waals surface area contributed by atoms with Gasteiger partial charge in [0, 0.05) is 25.8 Å². The van der Waals surface area contributed by atoms with Gasteiger partial charge in [0.05, 0.1) is 11.3 Å². The van der Waals surface area contributed by atoms with Gasteiger partial charge in [-0.15, -0.1) is 0 Å². The summed E-state index contributed by atoms with van der Waals surface area (Å²) in [5.41, 5.74) is 0.714. The van der Waals surface area contributed by atoms with Crippen molar-refractivity contribution in [2.24, 2.45) is 0 Å². The molecule has 2 N–H and O–H groups in total. The standard InChI is InChI=1S/C15H27N3O/c1-2-11-18-14(7-10-17-18)12-16-13-15(19)8-5-3-4-6-9-15/h7,10,16,19H,2-6,8-9,11-13H2,1H3. The van der Waals surface area contributed by atoms with Crippen molar-refractivity contribution in [3.8, 4) is 0 Å². The molecule has 1 heterocycles. The molecule has 1 fully saturated rings. The third-order valence-electron chi connectivity index (χ3n) is 4.03. The summed E-state index contributed by atoms with van der Waals surface area (Å²) in [6.45, 7) is 4.62. The summed E-state index contributed by atoms with van der Waals surface area (Å²) in [5, 5.41) is 18.3. The second-order valence-electron chi connectivity index (χ2n) is 5.79. The molecule has 108 valence electrons. The van der Waals surface area contributed by atoms with Crippen LogP contribution in [0.25, 0.3) is 0 Å². The molecule has 1 aliphatic carbocycles. The SMILES string of the molecule is CCCn1nccc1CNCC1(O)CCCCCC1. The van der Waals surface area contributed by atoms with E-state index in [-0.39, 0.29) is 0 Å². The van der Waals surface area contributed by atoms with Crippen LogP contribution in [0.1, 0.15) is 57.6 Å². The third kappa shape index (κ3) is 4.32. The van der Waals surface area contributed by atoms with Crippen LogP contribution in [0.2, 0.25) is 0 Å². The highest BCUT2D eigenvalue weighted by Gasteiger charge is 2.27. The maximum absolute atomic E-state index is 10.6. The summed E-state index contributed by atoms with van der Waals surface area (Å²) in [5.74, 6) is 0. The predicted molar refractivity (Wildman–Crippen MR) is 76.9 cm³/mol. The van der Waals surface area contributed by atoms with Crippen molar-refractivity contribution in [3.05, 3.63) is 18.0 Å². The van der Waals surface area contributed by atoms with Crippen LogP contribution in [-0.4, -0.2) is 27.0 Å². The van der Waals surface area contributed by atoms with E-state index < -0.39 is 5.60 Å². The molecule has 4 nitrogen and oxygen atoms in total. The second-order valence-corrected chi connectivity index (χ2v) is 5.79. The molecule has 1 aromatic rings. The van der Waals surface area contributed by atoms with E-state index in [2.05, 4.69) is 23.4 Å². The van der Waals surface area contributed by atoms with E-state index in [0.29, 0.717) is 6.54 Å². The smallest absolute Gasteiger partial charge is 0.0771 e. The first-order valence-corrected chi connectivity index (χ1v) is 7.67. The van der Waals surface area contributed by atoms with E-state index in [1.807, 2.05) is 10.9 Å². The Hall–Kier alpha value is -0.870. The average Bonchev–Trinajstić information content (AvgIpc) is 2.70. The average molecular weight is 265 g/mol. The highest BCUT2D eigenvalue weighted by Crippen LogP contribution is 2.26. The highest BCUT2D eigenvalue weighted by molar-refractivity contribution is 5.00. The van der Waals surface area contributed by atoms with Gasteiger partial charge in [0.25, 0.3) is 0 Å². The van der Waals surface area contributed by atoms with Gasteiger partial charge in [0.2, 0.25) is 0 Å². The molecule has 0 spiro atoms. The fourth-order valence-electron chi connectivity index (χ4n) is 2.91. The first-order valence-electron chi connectivity index (χ1n) is 7.67. The molecule has 0 amide bonds. The second kappa shape index (κ2) is 7.06. The van der Waals surface area contributed by atoms with Crippen LogP contribution in [0.15, 0.2) is 12.3 Å². The monoisotopic (exact) mass is 265 g/mol. The fourth-order valence-corrected chi connectivity index (χ4v) is 2.91. The van der Waals surface area contributed by atoms with E-state index >= 15 is 0 Å². The quantitative estimate of drug-likeness (QED) is 0.777. The van der Waals surface area contributed by atoms with Gasteiger partial charge in [-0.1, -0.05) is 32.6 Å². The molecule has 1 saturated carbocycles. The molecule has 0 radical (unpaired) electrons. The van der Waals surface area contributed by atoms with Crippen molar-refractivity contribution in [2.45, 2.75) is 70.6 Å². The summed E-state index contributed by atoms with van der Waals surface area (Å²) in [7, 11) is 0. The summed E-state index contributed by atoms with van der Waals surface area (Å²) >= 11 is 0. The third-order valence-corrected chi connectivity index (χ3v) is 4.03. The Kier molecular flexibility index (Phi) is 5.40. The molecule has 1 aromatic heterocycles. The zero-order chi connectivity index (χ0) is 13.6. The van der Waals surface area contributed by atoms with Crippen molar-refractivity contribution < 1.29 is 5.11 Å². The molecular weight excluding hydrogens is 238 g/mol. The van der Waals surface area contributed by atoms with E-state index in [1.165, 1.54) is 18.5 Å². The highest BCUT2D eigenvalue weighted by atomic mass is 16.3. The van der Waals surface area contributed by atoms with Crippen LogP contribution in [0.4, 0.5) is 0 Å². The Morgan fingerprint density at radius 2 is 2.05 bits per heavy atom. The first-order chi connectivity index (χ1) is 9.23. The van der Waals surface area contributed by atoms with Gasteiger partial charge in [-0.25, -0.2) is 0 Å². The van der Waals surface area contributed by atoms with Gasteiger partial charge >= 0.3 is 0 Å². The molecule has 0 aromatic carbocycles. The molecule has 0 atom stereocenters. The summed E-state index contributed by atoms with van der Waals surface area (Å²) in [4.78, 5) is 0. The Morgan fingerprint density at radius 1 is 1.32 bits per heavy atom. The minimum atomic E-state index is -0.494. The zero-order valence-corrected chi connectivity index (χ0v) is 12.1. The molecule has 19 heavy (non-hydrogen) atoms. The lowest BCUT2D eigenvalue weighted by Crippen LogP contribution is -2.40. The minimum Gasteiger partial charge on any atom is -0.389 e. The van der Waals surface area contributed by atoms with Crippen LogP contribution in [-0.2, 0) is 13.1 Å². The first kappa shape index (κ1) is 14.5. The lowest BCUT2D eigenvalue weighted by Gasteiger charge is -2.27. The van der Waals surface area contributed by atoms with Crippen LogP contribution < -0.4 is 5.32 Å². The van der Waals surface area contributed by atoms with Crippen LogP contribution in [0.5, 0.6) is 0 Å². The van der Waals surface area contributed by atoms with Gasteiger partial charge in [0.15, 0.2) is 0 Å². The fraction of sp³-hybridized carbons (Fsp3) is 0.800. The molecule has 1 aliphatic rings. The van der Waals surface area contributed by atoms with Crippen molar-refractivity contribution >= 4 is 0 Å². The van der Waals surface area contributed by atoms with Crippen molar-refractivity contribution in [2.75, 3.05) is 6.54 Å². The van der Waals surface area contributed by atoms with Gasteiger partial charge in [-0.2, -0.15) is 5.10 Å². The van der Waals surface area contributed by atoms with E-state index in [4.69, 9.17) is 0 Å². The van der Waals surface area contributed by atoms with Crippen molar-refractivity contribution in [3.63, 3.8) is 0 Å².